The van der Waals surface area contributed by atoms with E-state index in [1.807, 2.05) is 37.3 Å². The molecule has 1 N–H and O–H groups in total. The smallest absolute Gasteiger partial charge is 0.335 e. The Bertz CT molecular complexity index is 1320. The Morgan fingerprint density at radius 2 is 1.82 bits per heavy atom. The third-order valence-corrected chi connectivity index (χ3v) is 6.87. The molecule has 4 amide bonds. The number of nitrogens with zero attached hydrogens (tertiary/aromatic N) is 1. The maximum Gasteiger partial charge on any atom is 0.335 e. The van der Waals surface area contributed by atoms with E-state index in [9.17, 15) is 14.4 Å². The summed E-state index contributed by atoms with van der Waals surface area (Å²) in [5.74, 6) is -0.846. The van der Waals surface area contributed by atoms with Crippen molar-refractivity contribution in [2.24, 2.45) is 0 Å². The summed E-state index contributed by atoms with van der Waals surface area (Å²) >= 11 is 11.8. The Labute approximate surface area is 223 Å². The van der Waals surface area contributed by atoms with E-state index in [-0.39, 0.29) is 11.3 Å². The average molecular weight is 652 g/mol. The summed E-state index contributed by atoms with van der Waals surface area (Å²) in [5.41, 5.74) is 2.53. The van der Waals surface area contributed by atoms with Gasteiger partial charge in [-0.05, 0) is 92.5 Å². The van der Waals surface area contributed by atoms with Crippen molar-refractivity contribution in [1.82, 2.24) is 5.32 Å². The molecule has 6 nitrogen and oxygen atoms in total. The molecule has 34 heavy (non-hydrogen) atoms. The number of imide groups is 2. The summed E-state index contributed by atoms with van der Waals surface area (Å²) in [6, 6.07) is 17.3. The molecule has 4 rings (SSSR count). The maximum atomic E-state index is 13.1. The molecule has 3 aromatic carbocycles. The lowest BCUT2D eigenvalue weighted by Gasteiger charge is -2.26. The van der Waals surface area contributed by atoms with Crippen molar-refractivity contribution in [2.45, 2.75) is 13.5 Å². The van der Waals surface area contributed by atoms with Gasteiger partial charge in [0.05, 0.1) is 13.7 Å². The van der Waals surface area contributed by atoms with Gasteiger partial charge in [-0.15, -0.1) is 0 Å². The zero-order chi connectivity index (χ0) is 24.4. The van der Waals surface area contributed by atoms with Crippen LogP contribution in [0, 0.1) is 10.5 Å². The van der Waals surface area contributed by atoms with Crippen molar-refractivity contribution in [3.63, 3.8) is 0 Å². The number of hydrogen-bond donors (Lipinski definition) is 1. The highest BCUT2D eigenvalue weighted by Crippen LogP contribution is 2.34. The van der Waals surface area contributed by atoms with Crippen LogP contribution in [0.25, 0.3) is 6.08 Å². The van der Waals surface area contributed by atoms with Crippen LogP contribution in [-0.4, -0.2) is 17.8 Å². The molecule has 3 aromatic rings. The highest BCUT2D eigenvalue weighted by Gasteiger charge is 2.37. The number of aryl methyl sites for hydroxylation is 1. The van der Waals surface area contributed by atoms with Crippen LogP contribution in [-0.2, 0) is 16.2 Å². The first-order valence-corrected chi connectivity index (χ1v) is 12.3. The zero-order valence-electron chi connectivity index (χ0n) is 17.8. The number of rotatable bonds is 5. The van der Waals surface area contributed by atoms with Crippen molar-refractivity contribution < 1.29 is 19.1 Å². The van der Waals surface area contributed by atoms with Gasteiger partial charge >= 0.3 is 6.03 Å². The number of benzene rings is 3. The second-order valence-corrected chi connectivity index (χ2v) is 9.90. The van der Waals surface area contributed by atoms with Crippen LogP contribution in [0.5, 0.6) is 5.75 Å². The Morgan fingerprint density at radius 1 is 1.09 bits per heavy atom. The van der Waals surface area contributed by atoms with Gasteiger partial charge < -0.3 is 4.74 Å². The molecule has 0 radical (unpaired) electrons. The second kappa shape index (κ2) is 10.3. The monoisotopic (exact) mass is 650 g/mol. The lowest BCUT2D eigenvalue weighted by molar-refractivity contribution is -0.122. The van der Waals surface area contributed by atoms with Crippen LogP contribution in [0.4, 0.5) is 10.5 Å². The van der Waals surface area contributed by atoms with Crippen molar-refractivity contribution in [3.05, 3.63) is 96.0 Å². The average Bonchev–Trinajstić information content (AvgIpc) is 2.79. The Balaban J connectivity index is 1.63. The quantitative estimate of drug-likeness (QED) is 0.201. The maximum absolute atomic E-state index is 13.1. The van der Waals surface area contributed by atoms with E-state index in [1.165, 1.54) is 12.1 Å². The predicted octanol–water partition coefficient (Wildman–Crippen LogP) is 6.26. The lowest BCUT2D eigenvalue weighted by atomic mass is 10.1. The number of urea groups is 1. The van der Waals surface area contributed by atoms with Gasteiger partial charge in [-0.1, -0.05) is 48.0 Å². The molecule has 0 unspecified atom stereocenters. The van der Waals surface area contributed by atoms with Gasteiger partial charge in [0, 0.05) is 5.02 Å². The molecule has 1 aliphatic rings. The fourth-order valence-electron chi connectivity index (χ4n) is 3.31. The fraction of sp³-hybridized carbons (Fsp3) is 0.0800. The minimum Gasteiger partial charge on any atom is -0.487 e. The topological polar surface area (TPSA) is 75.7 Å². The van der Waals surface area contributed by atoms with Crippen molar-refractivity contribution in [2.75, 3.05) is 4.90 Å². The van der Waals surface area contributed by atoms with Crippen LogP contribution >= 0.6 is 50.1 Å². The minimum atomic E-state index is -0.826. The molecule has 1 fully saturated rings. The van der Waals surface area contributed by atoms with Crippen LogP contribution in [0.3, 0.4) is 0 Å². The summed E-state index contributed by atoms with van der Waals surface area (Å²) in [5, 5.41) is 2.63. The molecule has 1 aliphatic heterocycles. The van der Waals surface area contributed by atoms with Gasteiger partial charge in [0.2, 0.25) is 0 Å². The number of halogens is 3. The fourth-order valence-corrected chi connectivity index (χ4v) is 5.25. The highest BCUT2D eigenvalue weighted by atomic mass is 127. The summed E-state index contributed by atoms with van der Waals surface area (Å²) in [4.78, 5) is 39.0. The van der Waals surface area contributed by atoms with Crippen molar-refractivity contribution in [1.29, 1.82) is 0 Å². The number of carbonyl (C=O) groups is 3. The molecule has 0 saturated carbocycles. The van der Waals surface area contributed by atoms with E-state index in [0.29, 0.717) is 27.4 Å². The van der Waals surface area contributed by atoms with E-state index < -0.39 is 17.8 Å². The number of nitrogens with one attached hydrogen (secondary N) is 1. The number of anilines is 1. The first-order chi connectivity index (χ1) is 16.2. The standard InChI is InChI=1S/C25H17BrClIN2O4/c1-14-7-8-17(12-20(14)27)30-24(32)18(23(31)29-25(30)33)9-16-10-19(26)22(21(28)11-16)34-13-15-5-3-2-4-6-15/h2-12H,13H2,1H3,(H,29,31,33)/b18-9-. The third kappa shape index (κ3) is 5.18. The van der Waals surface area contributed by atoms with Crippen LogP contribution < -0.4 is 15.0 Å². The van der Waals surface area contributed by atoms with E-state index in [2.05, 4.69) is 43.8 Å². The normalized spacial score (nSPS) is 15.0. The largest absolute Gasteiger partial charge is 0.487 e. The van der Waals surface area contributed by atoms with E-state index >= 15 is 0 Å². The van der Waals surface area contributed by atoms with Gasteiger partial charge in [-0.25, -0.2) is 9.69 Å². The molecule has 1 heterocycles. The Morgan fingerprint density at radius 3 is 2.50 bits per heavy atom. The number of carbonyl (C=O) groups excluding carboxylic acids is 3. The lowest BCUT2D eigenvalue weighted by Crippen LogP contribution is -2.54. The molecule has 0 aromatic heterocycles. The number of barbiturate groups is 1. The molecular weight excluding hydrogens is 635 g/mol. The Kier molecular flexibility index (Phi) is 7.39. The number of amides is 4. The van der Waals surface area contributed by atoms with Crippen LogP contribution in [0.15, 0.2) is 70.7 Å². The van der Waals surface area contributed by atoms with Gasteiger partial charge in [0.15, 0.2) is 0 Å². The van der Waals surface area contributed by atoms with Gasteiger partial charge in [0.1, 0.15) is 17.9 Å². The molecule has 0 spiro atoms. The first-order valence-electron chi connectivity index (χ1n) is 10.1. The number of hydrogen-bond acceptors (Lipinski definition) is 4. The summed E-state index contributed by atoms with van der Waals surface area (Å²) in [6.07, 6.45) is 1.45. The number of ether oxygens (including phenoxy) is 1. The molecule has 172 valence electrons. The first kappa shape index (κ1) is 24.4. The van der Waals surface area contributed by atoms with Crippen LogP contribution in [0.2, 0.25) is 5.02 Å². The van der Waals surface area contributed by atoms with Crippen molar-refractivity contribution in [3.8, 4) is 5.75 Å². The van der Waals surface area contributed by atoms with Crippen LogP contribution in [0.1, 0.15) is 16.7 Å². The predicted molar refractivity (Wildman–Crippen MR) is 143 cm³/mol. The SMILES string of the molecule is Cc1ccc(N2C(=O)NC(=O)/C(=C/c3cc(Br)c(OCc4ccccc4)c(I)c3)C2=O)cc1Cl. The summed E-state index contributed by atoms with van der Waals surface area (Å²) < 4.78 is 7.42. The zero-order valence-corrected chi connectivity index (χ0v) is 22.3. The van der Waals surface area contributed by atoms with Gasteiger partial charge in [-0.3, -0.25) is 14.9 Å². The third-order valence-electron chi connectivity index (χ3n) is 5.07. The molecule has 0 atom stereocenters. The van der Waals surface area contributed by atoms with E-state index in [4.69, 9.17) is 16.3 Å². The summed E-state index contributed by atoms with van der Waals surface area (Å²) in [6.45, 7) is 2.21. The highest BCUT2D eigenvalue weighted by molar-refractivity contribution is 14.1. The van der Waals surface area contributed by atoms with E-state index in [1.54, 1.807) is 24.3 Å². The second-order valence-electron chi connectivity index (χ2n) is 7.48. The Hall–Kier alpha value is -2.69. The molecule has 1 saturated heterocycles. The molecule has 0 aliphatic carbocycles. The molecule has 0 bridgehead atoms. The van der Waals surface area contributed by atoms with E-state index in [0.717, 1.165) is 19.6 Å². The van der Waals surface area contributed by atoms with Gasteiger partial charge in [-0.2, -0.15) is 0 Å². The minimum absolute atomic E-state index is 0.169. The van der Waals surface area contributed by atoms with Crippen molar-refractivity contribution >= 4 is 79.7 Å². The molecule has 9 heteroatoms. The van der Waals surface area contributed by atoms with Gasteiger partial charge in [0.25, 0.3) is 11.8 Å². The molecular formula is C25H17BrClIN2O4. The summed E-state index contributed by atoms with van der Waals surface area (Å²) in [7, 11) is 0.